The average molecular weight is 371 g/mol. The molecule has 142 valence electrons. The number of ether oxygens (including phenoxy) is 1. The Morgan fingerprint density at radius 2 is 2.11 bits per heavy atom. The van der Waals surface area contributed by atoms with Crippen LogP contribution in [0.1, 0.15) is 23.3 Å². The van der Waals surface area contributed by atoms with E-state index in [1.807, 2.05) is 4.90 Å². The van der Waals surface area contributed by atoms with Crippen molar-refractivity contribution in [2.24, 2.45) is 5.92 Å². The highest BCUT2D eigenvalue weighted by molar-refractivity contribution is 5.95. The van der Waals surface area contributed by atoms with Crippen LogP contribution in [0, 0.1) is 11.7 Å². The van der Waals surface area contributed by atoms with Crippen LogP contribution in [0.3, 0.4) is 0 Å². The van der Waals surface area contributed by atoms with Gasteiger partial charge in [0.2, 0.25) is 5.91 Å². The molecule has 6 nitrogen and oxygen atoms in total. The minimum atomic E-state index is -0.445. The fraction of sp³-hybridized carbons (Fsp3) is 0.450. The summed E-state index contributed by atoms with van der Waals surface area (Å²) in [7, 11) is 1.61. The highest BCUT2D eigenvalue weighted by atomic mass is 19.1. The lowest BCUT2D eigenvalue weighted by atomic mass is 9.94. The Balaban J connectivity index is 1.59. The van der Waals surface area contributed by atoms with E-state index in [0.717, 1.165) is 12.8 Å². The van der Waals surface area contributed by atoms with Gasteiger partial charge in [0.25, 0.3) is 5.91 Å². The van der Waals surface area contributed by atoms with Gasteiger partial charge in [-0.2, -0.15) is 0 Å². The number of fused-ring (bicyclic) bond motifs is 5. The number of carbonyl (C=O) groups excluding carboxylic acids is 2. The summed E-state index contributed by atoms with van der Waals surface area (Å²) in [5, 5.41) is 0.656. The second-order valence-electron chi connectivity index (χ2n) is 7.17. The van der Waals surface area contributed by atoms with Gasteiger partial charge >= 0.3 is 0 Å². The van der Waals surface area contributed by atoms with E-state index < -0.39 is 5.82 Å². The van der Waals surface area contributed by atoms with E-state index in [1.54, 1.807) is 36.3 Å². The molecule has 0 unspecified atom stereocenters. The third kappa shape index (κ3) is 3.27. The van der Waals surface area contributed by atoms with Gasteiger partial charge in [0, 0.05) is 38.2 Å². The van der Waals surface area contributed by atoms with Gasteiger partial charge < -0.3 is 14.5 Å². The number of benzene rings is 1. The van der Waals surface area contributed by atoms with Gasteiger partial charge in [-0.3, -0.25) is 9.59 Å². The fourth-order valence-electron chi connectivity index (χ4n) is 4.08. The first-order valence-electron chi connectivity index (χ1n) is 9.22. The fourth-order valence-corrected chi connectivity index (χ4v) is 4.08. The molecule has 3 saturated heterocycles. The summed E-state index contributed by atoms with van der Waals surface area (Å²) in [6.07, 6.45) is 1.67. The van der Waals surface area contributed by atoms with E-state index in [9.17, 15) is 14.0 Å². The van der Waals surface area contributed by atoms with Crippen LogP contribution < -0.4 is 0 Å². The molecule has 0 aliphatic carbocycles. The topological polar surface area (TPSA) is 62.7 Å². The number of aromatic nitrogens is 1. The van der Waals surface area contributed by atoms with Crippen LogP contribution in [0.5, 0.6) is 0 Å². The normalized spacial score (nSPS) is 22.4. The van der Waals surface area contributed by atoms with Crippen molar-refractivity contribution >= 4 is 22.7 Å². The third-order valence-electron chi connectivity index (χ3n) is 5.51. The largest absolute Gasteiger partial charge is 0.383 e. The molecule has 0 N–H and O–H groups in total. The number of pyridine rings is 1. The number of hydrogen-bond acceptors (Lipinski definition) is 4. The molecule has 0 saturated carbocycles. The minimum Gasteiger partial charge on any atom is -0.383 e. The van der Waals surface area contributed by atoms with E-state index in [-0.39, 0.29) is 35.0 Å². The predicted octanol–water partition coefficient (Wildman–Crippen LogP) is 2.08. The molecular weight excluding hydrogens is 349 g/mol. The second-order valence-corrected chi connectivity index (χ2v) is 7.17. The van der Waals surface area contributed by atoms with Crippen LogP contribution in [0.25, 0.3) is 10.9 Å². The van der Waals surface area contributed by atoms with Gasteiger partial charge in [0.05, 0.1) is 12.5 Å². The van der Waals surface area contributed by atoms with Crippen LogP contribution in [0.2, 0.25) is 0 Å². The summed E-state index contributed by atoms with van der Waals surface area (Å²) < 4.78 is 19.2. The Morgan fingerprint density at radius 1 is 1.26 bits per heavy atom. The number of amides is 2. The maximum atomic E-state index is 14.0. The molecule has 7 heteroatoms. The number of halogens is 1. The molecule has 2 bridgehead atoms. The first-order chi connectivity index (χ1) is 13.1. The molecule has 2 aromatic rings. The number of nitrogens with zero attached hydrogens (tertiary/aromatic N) is 3. The quantitative estimate of drug-likeness (QED) is 0.826. The van der Waals surface area contributed by atoms with Gasteiger partial charge in [-0.15, -0.1) is 0 Å². The minimum absolute atomic E-state index is 0.00691. The Morgan fingerprint density at radius 3 is 2.93 bits per heavy atom. The van der Waals surface area contributed by atoms with Gasteiger partial charge in [-0.05, 0) is 25.0 Å². The average Bonchev–Trinajstić information content (AvgIpc) is 2.97. The first-order valence-corrected chi connectivity index (χ1v) is 9.22. The van der Waals surface area contributed by atoms with Crippen LogP contribution in [-0.2, 0) is 9.53 Å². The van der Waals surface area contributed by atoms with Crippen molar-refractivity contribution in [1.29, 1.82) is 0 Å². The van der Waals surface area contributed by atoms with E-state index >= 15 is 0 Å². The lowest BCUT2D eigenvalue weighted by Crippen LogP contribution is -2.49. The van der Waals surface area contributed by atoms with Crippen molar-refractivity contribution in [2.45, 2.75) is 18.9 Å². The van der Waals surface area contributed by atoms with E-state index in [0.29, 0.717) is 31.6 Å². The Bertz CT molecular complexity index is 888. The van der Waals surface area contributed by atoms with E-state index in [1.165, 1.54) is 6.07 Å². The number of para-hydroxylation sites is 1. The molecule has 5 rings (SSSR count). The Labute approximate surface area is 156 Å². The molecule has 4 heterocycles. The van der Waals surface area contributed by atoms with Crippen molar-refractivity contribution in [3.05, 3.63) is 41.8 Å². The van der Waals surface area contributed by atoms with Gasteiger partial charge in [-0.1, -0.05) is 18.2 Å². The lowest BCUT2D eigenvalue weighted by Gasteiger charge is -2.35. The maximum absolute atomic E-state index is 14.0. The zero-order valence-electron chi connectivity index (χ0n) is 15.2. The van der Waals surface area contributed by atoms with Crippen molar-refractivity contribution < 1.29 is 18.7 Å². The van der Waals surface area contributed by atoms with Crippen LogP contribution in [-0.4, -0.2) is 66.0 Å². The number of methoxy groups -OCH3 is 1. The monoisotopic (exact) mass is 371 g/mol. The summed E-state index contributed by atoms with van der Waals surface area (Å²) in [5.41, 5.74) is 0.406. The molecule has 2 amide bonds. The summed E-state index contributed by atoms with van der Waals surface area (Å²) >= 11 is 0. The van der Waals surface area contributed by atoms with Crippen LogP contribution >= 0.6 is 0 Å². The Hall–Kier alpha value is -2.54. The number of hydrogen-bond donors (Lipinski definition) is 0. The molecule has 3 aliphatic heterocycles. The van der Waals surface area contributed by atoms with E-state index in [4.69, 9.17) is 4.74 Å². The van der Waals surface area contributed by atoms with Gasteiger partial charge in [-0.25, -0.2) is 9.37 Å². The highest BCUT2D eigenvalue weighted by Gasteiger charge is 2.41. The smallest absolute Gasteiger partial charge is 0.272 e. The maximum Gasteiger partial charge on any atom is 0.272 e. The van der Waals surface area contributed by atoms with Gasteiger partial charge in [0.1, 0.15) is 17.0 Å². The standard InChI is InChI=1S/C20H22FN3O3/c1-27-10-9-24-15-7-5-14(19(24)25)11-23(12-15)20(26)17-8-6-13-3-2-4-16(21)18(13)22-17/h2-4,6,8,14-15H,5,7,9-12H2,1H3/t14-,15+/m0/s1. The van der Waals surface area contributed by atoms with Crippen molar-refractivity contribution in [3.63, 3.8) is 0 Å². The SMILES string of the molecule is COCCN1C(=O)[C@H]2CC[C@@H]1CN(C(=O)c1ccc3cccc(F)c3n1)C2. The molecular formula is C20H22FN3O3. The summed E-state index contributed by atoms with van der Waals surface area (Å²) in [4.78, 5) is 33.5. The number of piperidine rings is 1. The second kappa shape index (κ2) is 7.23. The summed E-state index contributed by atoms with van der Waals surface area (Å²) in [6, 6.07) is 8.05. The molecule has 27 heavy (non-hydrogen) atoms. The molecule has 2 atom stereocenters. The van der Waals surface area contributed by atoms with Crippen molar-refractivity contribution in [3.8, 4) is 0 Å². The first kappa shape index (κ1) is 17.9. The Kier molecular flexibility index (Phi) is 4.78. The highest BCUT2D eigenvalue weighted by Crippen LogP contribution is 2.30. The molecule has 1 aromatic carbocycles. The molecule has 0 radical (unpaired) electrons. The zero-order chi connectivity index (χ0) is 19.0. The lowest BCUT2D eigenvalue weighted by molar-refractivity contribution is -0.140. The zero-order valence-corrected chi connectivity index (χ0v) is 15.2. The number of carbonyl (C=O) groups is 2. The predicted molar refractivity (Wildman–Crippen MR) is 97.7 cm³/mol. The summed E-state index contributed by atoms with van der Waals surface area (Å²) in [5.74, 6) is -0.796. The van der Waals surface area contributed by atoms with Gasteiger partial charge in [0.15, 0.2) is 0 Å². The molecule has 0 spiro atoms. The van der Waals surface area contributed by atoms with Crippen LogP contribution in [0.15, 0.2) is 30.3 Å². The van der Waals surface area contributed by atoms with E-state index in [2.05, 4.69) is 4.98 Å². The number of rotatable bonds is 4. The molecule has 3 fully saturated rings. The molecule has 1 aromatic heterocycles. The molecule has 3 aliphatic rings. The van der Waals surface area contributed by atoms with Crippen molar-refractivity contribution in [2.75, 3.05) is 33.4 Å². The summed E-state index contributed by atoms with van der Waals surface area (Å²) in [6.45, 7) is 1.88. The third-order valence-corrected chi connectivity index (χ3v) is 5.51. The van der Waals surface area contributed by atoms with Crippen LogP contribution in [0.4, 0.5) is 4.39 Å². The van der Waals surface area contributed by atoms with Crippen molar-refractivity contribution in [1.82, 2.24) is 14.8 Å².